The summed E-state index contributed by atoms with van der Waals surface area (Å²) >= 11 is 4.97. The highest BCUT2D eigenvalue weighted by molar-refractivity contribution is 9.11. The average Bonchev–Trinajstić information content (AvgIpc) is 2.54. The number of halogens is 1. The van der Waals surface area contributed by atoms with Gasteiger partial charge in [0.15, 0.2) is 0 Å². The smallest absolute Gasteiger partial charge is 0.104 e. The fraction of sp³-hybridized carbons (Fsp3) is 0.500. The lowest BCUT2D eigenvalue weighted by atomic mass is 10.3. The third-order valence-corrected chi connectivity index (χ3v) is 3.25. The van der Waals surface area contributed by atoms with E-state index in [1.54, 1.807) is 11.3 Å². The zero-order valence-corrected chi connectivity index (χ0v) is 9.47. The molecule has 1 unspecified atom stereocenters. The second kappa shape index (κ2) is 5.72. The van der Waals surface area contributed by atoms with Crippen LogP contribution in [0.2, 0.25) is 0 Å². The van der Waals surface area contributed by atoms with Gasteiger partial charge in [0, 0.05) is 11.4 Å². The molecule has 0 fully saturated rings. The summed E-state index contributed by atoms with van der Waals surface area (Å²) < 4.78 is 6.42. The van der Waals surface area contributed by atoms with Gasteiger partial charge in [-0.15, -0.1) is 11.3 Å². The van der Waals surface area contributed by atoms with Crippen LogP contribution in [-0.2, 0) is 4.74 Å². The van der Waals surface area contributed by atoms with E-state index in [-0.39, 0.29) is 12.7 Å². The molecule has 5 heteroatoms. The van der Waals surface area contributed by atoms with Gasteiger partial charge < -0.3 is 15.6 Å². The van der Waals surface area contributed by atoms with E-state index in [2.05, 4.69) is 15.9 Å². The molecule has 74 valence electrons. The van der Waals surface area contributed by atoms with E-state index in [9.17, 15) is 0 Å². The van der Waals surface area contributed by atoms with Gasteiger partial charge in [0.2, 0.25) is 0 Å². The van der Waals surface area contributed by atoms with Gasteiger partial charge in [-0.25, -0.2) is 0 Å². The molecular formula is C8H12BrNO2S. The number of thiophene rings is 1. The van der Waals surface area contributed by atoms with Gasteiger partial charge in [-0.2, -0.15) is 0 Å². The fourth-order valence-corrected chi connectivity index (χ4v) is 2.45. The summed E-state index contributed by atoms with van der Waals surface area (Å²) in [4.78, 5) is 1.09. The summed E-state index contributed by atoms with van der Waals surface area (Å²) in [6, 6.07) is 3.94. The summed E-state index contributed by atoms with van der Waals surface area (Å²) in [5.74, 6) is 0. The molecule has 1 aromatic heterocycles. The zero-order chi connectivity index (χ0) is 9.68. The van der Waals surface area contributed by atoms with Crippen LogP contribution in [0.4, 0.5) is 0 Å². The summed E-state index contributed by atoms with van der Waals surface area (Å²) in [6.07, 6.45) is -0.0940. The number of hydrogen-bond donors (Lipinski definition) is 2. The van der Waals surface area contributed by atoms with E-state index in [0.29, 0.717) is 13.2 Å². The van der Waals surface area contributed by atoms with E-state index in [0.717, 1.165) is 8.66 Å². The monoisotopic (exact) mass is 265 g/mol. The van der Waals surface area contributed by atoms with Crippen LogP contribution >= 0.6 is 27.3 Å². The molecule has 1 rings (SSSR count). The summed E-state index contributed by atoms with van der Waals surface area (Å²) in [7, 11) is 0. The molecule has 0 aromatic carbocycles. The molecule has 0 spiro atoms. The molecular weight excluding hydrogens is 254 g/mol. The number of rotatable bonds is 5. The highest BCUT2D eigenvalue weighted by Gasteiger charge is 2.11. The van der Waals surface area contributed by atoms with E-state index in [1.165, 1.54) is 0 Å². The van der Waals surface area contributed by atoms with E-state index in [1.807, 2.05) is 12.1 Å². The second-order valence-electron chi connectivity index (χ2n) is 2.46. The Morgan fingerprint density at radius 3 is 2.85 bits per heavy atom. The Morgan fingerprint density at radius 1 is 1.62 bits per heavy atom. The molecule has 0 aliphatic carbocycles. The van der Waals surface area contributed by atoms with Gasteiger partial charge in [0.25, 0.3) is 0 Å². The minimum atomic E-state index is -0.0940. The summed E-state index contributed by atoms with van der Waals surface area (Å²) in [6.45, 7) is 0.799. The van der Waals surface area contributed by atoms with Crippen LogP contribution in [0.3, 0.4) is 0 Å². The molecule has 0 bridgehead atoms. The predicted octanol–water partition coefficient (Wildman–Crippen LogP) is 1.52. The molecule has 0 aliphatic rings. The van der Waals surface area contributed by atoms with Crippen molar-refractivity contribution in [1.29, 1.82) is 0 Å². The summed E-state index contributed by atoms with van der Waals surface area (Å²) in [5, 5.41) is 8.59. The first-order valence-corrected chi connectivity index (χ1v) is 5.56. The van der Waals surface area contributed by atoms with Crippen LogP contribution in [0.25, 0.3) is 0 Å². The second-order valence-corrected chi connectivity index (χ2v) is 4.96. The van der Waals surface area contributed by atoms with Crippen molar-refractivity contribution in [1.82, 2.24) is 0 Å². The van der Waals surface area contributed by atoms with Crippen molar-refractivity contribution in [2.75, 3.05) is 19.8 Å². The minimum Gasteiger partial charge on any atom is -0.394 e. The normalized spacial score (nSPS) is 13.2. The Labute approximate surface area is 89.6 Å². The van der Waals surface area contributed by atoms with Crippen LogP contribution < -0.4 is 5.73 Å². The van der Waals surface area contributed by atoms with E-state index in [4.69, 9.17) is 15.6 Å². The van der Waals surface area contributed by atoms with Crippen LogP contribution in [0, 0.1) is 0 Å². The molecule has 0 aliphatic heterocycles. The van der Waals surface area contributed by atoms with Crippen LogP contribution in [-0.4, -0.2) is 24.9 Å². The molecule has 1 aromatic rings. The maximum Gasteiger partial charge on any atom is 0.104 e. The van der Waals surface area contributed by atoms with Gasteiger partial charge in [-0.3, -0.25) is 0 Å². The van der Waals surface area contributed by atoms with Crippen LogP contribution in [0.1, 0.15) is 11.0 Å². The Kier molecular flexibility index (Phi) is 4.90. The Morgan fingerprint density at radius 2 is 2.38 bits per heavy atom. The minimum absolute atomic E-state index is 0.0308. The van der Waals surface area contributed by atoms with Crippen LogP contribution in [0.15, 0.2) is 15.9 Å². The number of hydrogen-bond acceptors (Lipinski definition) is 4. The highest BCUT2D eigenvalue weighted by atomic mass is 79.9. The molecule has 0 amide bonds. The number of nitrogens with two attached hydrogens (primary N) is 1. The molecule has 1 heterocycles. The molecule has 0 saturated carbocycles. The topological polar surface area (TPSA) is 55.5 Å². The number of aliphatic hydroxyl groups is 1. The van der Waals surface area contributed by atoms with Crippen molar-refractivity contribution in [3.63, 3.8) is 0 Å². The summed E-state index contributed by atoms with van der Waals surface area (Å²) in [5.41, 5.74) is 5.54. The van der Waals surface area contributed by atoms with Gasteiger partial charge in [-0.05, 0) is 28.1 Å². The first kappa shape index (κ1) is 11.1. The lowest BCUT2D eigenvalue weighted by Gasteiger charge is -2.12. The first-order valence-electron chi connectivity index (χ1n) is 3.95. The Bertz CT molecular complexity index is 254. The van der Waals surface area contributed by atoms with Gasteiger partial charge in [0.1, 0.15) is 6.10 Å². The maximum absolute atomic E-state index is 8.59. The van der Waals surface area contributed by atoms with Gasteiger partial charge in [0.05, 0.1) is 17.0 Å². The lowest BCUT2D eigenvalue weighted by molar-refractivity contribution is 0.0348. The van der Waals surface area contributed by atoms with Crippen molar-refractivity contribution in [2.45, 2.75) is 6.10 Å². The highest BCUT2D eigenvalue weighted by Crippen LogP contribution is 2.28. The van der Waals surface area contributed by atoms with Gasteiger partial charge >= 0.3 is 0 Å². The molecule has 1 atom stereocenters. The largest absolute Gasteiger partial charge is 0.394 e. The number of aliphatic hydroxyl groups excluding tert-OH is 1. The van der Waals surface area contributed by atoms with Crippen LogP contribution in [0.5, 0.6) is 0 Å². The molecule has 3 N–H and O–H groups in total. The molecule has 13 heavy (non-hydrogen) atoms. The standard InChI is InChI=1S/C8H12BrNO2S/c9-8-2-1-7(13-8)6(5-10)12-4-3-11/h1-2,6,11H,3-5,10H2. The van der Waals surface area contributed by atoms with Gasteiger partial charge in [-0.1, -0.05) is 0 Å². The predicted molar refractivity (Wildman–Crippen MR) is 56.9 cm³/mol. The van der Waals surface area contributed by atoms with Crippen molar-refractivity contribution >= 4 is 27.3 Å². The van der Waals surface area contributed by atoms with Crippen molar-refractivity contribution in [3.8, 4) is 0 Å². The van der Waals surface area contributed by atoms with Crippen molar-refractivity contribution in [2.24, 2.45) is 5.73 Å². The third kappa shape index (κ3) is 3.36. The fourth-order valence-electron chi connectivity index (χ4n) is 0.963. The number of ether oxygens (including phenoxy) is 1. The third-order valence-electron chi connectivity index (χ3n) is 1.54. The average molecular weight is 266 g/mol. The first-order chi connectivity index (χ1) is 6.27. The Balaban J connectivity index is 2.56. The molecule has 3 nitrogen and oxygen atoms in total. The molecule has 0 radical (unpaired) electrons. The molecule has 0 saturated heterocycles. The van der Waals surface area contributed by atoms with E-state index >= 15 is 0 Å². The Hall–Kier alpha value is 0.0600. The zero-order valence-electron chi connectivity index (χ0n) is 7.07. The lowest BCUT2D eigenvalue weighted by Crippen LogP contribution is -2.16. The quantitative estimate of drug-likeness (QED) is 0.849. The maximum atomic E-state index is 8.59. The van der Waals surface area contributed by atoms with Crippen molar-refractivity contribution in [3.05, 3.63) is 20.8 Å². The van der Waals surface area contributed by atoms with Crippen molar-refractivity contribution < 1.29 is 9.84 Å². The van der Waals surface area contributed by atoms with E-state index < -0.39 is 0 Å². The SMILES string of the molecule is NCC(OCCO)c1ccc(Br)s1.